The maximum Gasteiger partial charge on any atom is 0.203 e. The minimum Gasteiger partial charge on any atom is -0.374 e. The highest BCUT2D eigenvalue weighted by Crippen LogP contribution is 2.36. The summed E-state index contributed by atoms with van der Waals surface area (Å²) in [4.78, 5) is 0. The summed E-state index contributed by atoms with van der Waals surface area (Å²) in [6, 6.07) is 0. The Morgan fingerprint density at radius 2 is 1.32 bits per heavy atom. The van der Waals surface area contributed by atoms with Gasteiger partial charge in [-0.2, -0.15) is 0 Å². The molecule has 0 bridgehead atoms. The molecule has 2 heterocycles. The van der Waals surface area contributed by atoms with Crippen molar-refractivity contribution in [2.24, 2.45) is 11.8 Å². The lowest BCUT2D eigenvalue weighted by molar-refractivity contribution is 0.484. The first-order valence-corrected chi connectivity index (χ1v) is 7.98. The standard InChI is InChI=1S/C11H16N6S2/c12-10-16-14-8(18-10)4-6-1-2-7(3-6)5-9-15-17-11(13)19-9/h6-7H,1-5H2,(H2,12,16)(H2,13,17). The molecule has 2 aromatic heterocycles. The van der Waals surface area contributed by atoms with Crippen LogP contribution in [0.1, 0.15) is 29.3 Å². The van der Waals surface area contributed by atoms with Gasteiger partial charge < -0.3 is 11.5 Å². The second-order valence-corrected chi connectivity index (χ2v) is 7.21. The van der Waals surface area contributed by atoms with Gasteiger partial charge in [0.25, 0.3) is 0 Å². The SMILES string of the molecule is Nc1nnc(CC2CCC(Cc3nnc(N)s3)C2)s1. The molecule has 2 unspecified atom stereocenters. The summed E-state index contributed by atoms with van der Waals surface area (Å²) in [6.45, 7) is 0. The van der Waals surface area contributed by atoms with Crippen molar-refractivity contribution in [1.82, 2.24) is 20.4 Å². The Labute approximate surface area is 119 Å². The number of hydrogen-bond acceptors (Lipinski definition) is 8. The Kier molecular flexibility index (Phi) is 3.61. The number of rotatable bonds is 4. The van der Waals surface area contributed by atoms with E-state index in [9.17, 15) is 0 Å². The highest BCUT2D eigenvalue weighted by molar-refractivity contribution is 7.15. The van der Waals surface area contributed by atoms with Crippen molar-refractivity contribution in [2.45, 2.75) is 32.1 Å². The van der Waals surface area contributed by atoms with Crippen molar-refractivity contribution < 1.29 is 0 Å². The lowest BCUT2D eigenvalue weighted by Gasteiger charge is -2.08. The van der Waals surface area contributed by atoms with Crippen LogP contribution in [0, 0.1) is 11.8 Å². The van der Waals surface area contributed by atoms with Crippen molar-refractivity contribution in [2.75, 3.05) is 11.5 Å². The molecule has 4 N–H and O–H groups in total. The van der Waals surface area contributed by atoms with E-state index in [0.29, 0.717) is 22.1 Å². The average molecular weight is 296 g/mol. The van der Waals surface area contributed by atoms with Gasteiger partial charge >= 0.3 is 0 Å². The van der Waals surface area contributed by atoms with E-state index < -0.39 is 0 Å². The summed E-state index contributed by atoms with van der Waals surface area (Å²) >= 11 is 3.00. The molecule has 8 heteroatoms. The lowest BCUT2D eigenvalue weighted by Crippen LogP contribution is -2.03. The molecule has 2 atom stereocenters. The Hall–Kier alpha value is -1.28. The van der Waals surface area contributed by atoms with Gasteiger partial charge in [0.2, 0.25) is 10.3 Å². The first-order chi connectivity index (χ1) is 9.19. The van der Waals surface area contributed by atoms with Gasteiger partial charge in [0.15, 0.2) is 0 Å². The lowest BCUT2D eigenvalue weighted by atomic mass is 10.0. The van der Waals surface area contributed by atoms with E-state index in [0.717, 1.165) is 22.9 Å². The van der Waals surface area contributed by atoms with Gasteiger partial charge in [0, 0.05) is 12.8 Å². The van der Waals surface area contributed by atoms with Crippen LogP contribution in [0.25, 0.3) is 0 Å². The van der Waals surface area contributed by atoms with Crippen LogP contribution in [0.15, 0.2) is 0 Å². The quantitative estimate of drug-likeness (QED) is 0.891. The van der Waals surface area contributed by atoms with Crippen molar-refractivity contribution in [3.63, 3.8) is 0 Å². The fourth-order valence-electron chi connectivity index (χ4n) is 2.74. The predicted molar refractivity (Wildman–Crippen MR) is 76.9 cm³/mol. The third-order valence-electron chi connectivity index (χ3n) is 3.54. The summed E-state index contributed by atoms with van der Waals surface area (Å²) in [5.74, 6) is 1.39. The smallest absolute Gasteiger partial charge is 0.203 e. The zero-order valence-corrected chi connectivity index (χ0v) is 12.1. The second kappa shape index (κ2) is 5.38. The van der Waals surface area contributed by atoms with Crippen molar-refractivity contribution in [1.29, 1.82) is 0 Å². The third kappa shape index (κ3) is 3.19. The van der Waals surface area contributed by atoms with Crippen LogP contribution in [0.2, 0.25) is 0 Å². The first kappa shape index (κ1) is 12.7. The number of nitrogens with zero attached hydrogens (tertiary/aromatic N) is 4. The highest BCUT2D eigenvalue weighted by Gasteiger charge is 2.26. The molecule has 1 fully saturated rings. The summed E-state index contributed by atoms with van der Waals surface area (Å²) < 4.78 is 0. The molecule has 0 radical (unpaired) electrons. The Morgan fingerprint density at radius 1 is 0.842 bits per heavy atom. The minimum absolute atomic E-state index is 0.564. The zero-order valence-electron chi connectivity index (χ0n) is 10.5. The van der Waals surface area contributed by atoms with Crippen LogP contribution in [-0.2, 0) is 12.8 Å². The second-order valence-electron chi connectivity index (χ2n) is 5.02. The Balaban J connectivity index is 1.52. The largest absolute Gasteiger partial charge is 0.374 e. The predicted octanol–water partition coefficient (Wildman–Crippen LogP) is 1.76. The Morgan fingerprint density at radius 3 is 1.68 bits per heavy atom. The molecule has 0 aliphatic heterocycles. The van der Waals surface area contributed by atoms with Crippen molar-refractivity contribution in [3.05, 3.63) is 10.0 Å². The van der Waals surface area contributed by atoms with Crippen molar-refractivity contribution in [3.8, 4) is 0 Å². The molecule has 6 nitrogen and oxygen atoms in total. The van der Waals surface area contributed by atoms with Gasteiger partial charge in [-0.1, -0.05) is 22.7 Å². The van der Waals surface area contributed by atoms with E-state index in [1.54, 1.807) is 0 Å². The number of aromatic nitrogens is 4. The molecule has 3 rings (SSSR count). The van der Waals surface area contributed by atoms with Gasteiger partial charge in [-0.05, 0) is 31.1 Å². The Bertz CT molecular complexity index is 503. The third-order valence-corrected chi connectivity index (χ3v) is 5.09. The normalized spacial score (nSPS) is 22.9. The van der Waals surface area contributed by atoms with Gasteiger partial charge in [-0.15, -0.1) is 20.4 Å². The summed E-state index contributed by atoms with van der Waals surface area (Å²) in [5, 5.41) is 19.2. The highest BCUT2D eigenvalue weighted by atomic mass is 32.1. The van der Waals surface area contributed by atoms with Crippen LogP contribution in [0.3, 0.4) is 0 Å². The molecule has 1 saturated carbocycles. The molecule has 102 valence electrons. The van der Waals surface area contributed by atoms with Gasteiger partial charge in [-0.3, -0.25) is 0 Å². The zero-order chi connectivity index (χ0) is 13.2. The number of nitrogens with two attached hydrogens (primary N) is 2. The monoisotopic (exact) mass is 296 g/mol. The maximum atomic E-state index is 5.60. The minimum atomic E-state index is 0.564. The van der Waals surface area contributed by atoms with Crippen LogP contribution in [-0.4, -0.2) is 20.4 Å². The number of nitrogen functional groups attached to an aromatic ring is 2. The number of anilines is 2. The van der Waals surface area contributed by atoms with E-state index in [4.69, 9.17) is 11.5 Å². The fraction of sp³-hybridized carbons (Fsp3) is 0.636. The molecule has 0 amide bonds. The molecule has 2 aromatic rings. The molecule has 0 aromatic carbocycles. The maximum absolute atomic E-state index is 5.60. The molecule has 1 aliphatic rings. The van der Waals surface area contributed by atoms with Crippen LogP contribution in [0.5, 0.6) is 0 Å². The topological polar surface area (TPSA) is 104 Å². The molecule has 1 aliphatic carbocycles. The van der Waals surface area contributed by atoms with Crippen LogP contribution < -0.4 is 11.5 Å². The molecule has 0 saturated heterocycles. The summed E-state index contributed by atoms with van der Waals surface area (Å²) in [5.41, 5.74) is 11.2. The van der Waals surface area contributed by atoms with E-state index >= 15 is 0 Å². The molecular weight excluding hydrogens is 280 g/mol. The molecule has 0 spiro atoms. The van der Waals surface area contributed by atoms with Gasteiger partial charge in [0.05, 0.1) is 0 Å². The molecule has 19 heavy (non-hydrogen) atoms. The summed E-state index contributed by atoms with van der Waals surface area (Å²) in [6.07, 6.45) is 5.73. The van der Waals surface area contributed by atoms with E-state index in [-0.39, 0.29) is 0 Å². The van der Waals surface area contributed by atoms with Crippen LogP contribution >= 0.6 is 22.7 Å². The van der Waals surface area contributed by atoms with E-state index in [1.807, 2.05) is 0 Å². The molecular formula is C11H16N6S2. The number of hydrogen-bond donors (Lipinski definition) is 2. The van der Waals surface area contributed by atoms with E-state index in [2.05, 4.69) is 20.4 Å². The van der Waals surface area contributed by atoms with E-state index in [1.165, 1.54) is 41.9 Å². The van der Waals surface area contributed by atoms with Gasteiger partial charge in [-0.25, -0.2) is 0 Å². The van der Waals surface area contributed by atoms with Gasteiger partial charge in [0.1, 0.15) is 10.0 Å². The fourth-order valence-corrected chi connectivity index (χ4v) is 4.19. The van der Waals surface area contributed by atoms with Crippen LogP contribution in [0.4, 0.5) is 10.3 Å². The van der Waals surface area contributed by atoms with Crippen molar-refractivity contribution >= 4 is 32.9 Å². The first-order valence-electron chi connectivity index (χ1n) is 6.34. The average Bonchev–Trinajstić information content (AvgIpc) is 3.05. The summed E-state index contributed by atoms with van der Waals surface area (Å²) in [7, 11) is 0.